The molecule has 1 atom stereocenters. The molecule has 19 heavy (non-hydrogen) atoms. The van der Waals surface area contributed by atoms with Crippen molar-refractivity contribution in [2.75, 3.05) is 19.6 Å². The summed E-state index contributed by atoms with van der Waals surface area (Å²) < 4.78 is 0. The van der Waals surface area contributed by atoms with Crippen LogP contribution in [0.1, 0.15) is 41.0 Å². The summed E-state index contributed by atoms with van der Waals surface area (Å²) in [7, 11) is 0. The summed E-state index contributed by atoms with van der Waals surface area (Å²) in [4.78, 5) is 23.2. The van der Waals surface area contributed by atoms with Crippen molar-refractivity contribution in [3.63, 3.8) is 0 Å². The van der Waals surface area contributed by atoms with Gasteiger partial charge in [0.1, 0.15) is 0 Å². The minimum atomic E-state index is -0.352. The van der Waals surface area contributed by atoms with Gasteiger partial charge in [-0.2, -0.15) is 0 Å². The first-order chi connectivity index (χ1) is 8.82. The van der Waals surface area contributed by atoms with Crippen LogP contribution in [0.3, 0.4) is 0 Å². The van der Waals surface area contributed by atoms with Crippen molar-refractivity contribution in [1.29, 1.82) is 0 Å². The molecule has 5 heteroatoms. The van der Waals surface area contributed by atoms with Crippen molar-refractivity contribution in [3.8, 4) is 0 Å². The second-order valence-electron chi connectivity index (χ2n) is 5.77. The Hall–Kier alpha value is -1.10. The quantitative estimate of drug-likeness (QED) is 0.583. The Morgan fingerprint density at radius 1 is 0.947 bits per heavy atom. The lowest BCUT2D eigenvalue weighted by Crippen LogP contribution is -2.46. The fraction of sp³-hybridized carbons (Fsp3) is 0.857. The maximum atomic E-state index is 11.7. The van der Waals surface area contributed by atoms with Crippen LogP contribution in [0.5, 0.6) is 0 Å². The standard InChI is InChI=1S/C14H29N3O2/c1-10(2)6-7-15-13(18)9-16-12(5)14(19)17-8-11(3)4/h10-12,16H,6-9H2,1-5H3,(H,15,18)(H,17,19). The number of hydrogen-bond donors (Lipinski definition) is 3. The largest absolute Gasteiger partial charge is 0.355 e. The van der Waals surface area contributed by atoms with Crippen molar-refractivity contribution >= 4 is 11.8 Å². The SMILES string of the molecule is CC(C)CCNC(=O)CNC(C)C(=O)NCC(C)C. The lowest BCUT2D eigenvalue weighted by atomic mass is 10.1. The van der Waals surface area contributed by atoms with Crippen molar-refractivity contribution in [3.05, 3.63) is 0 Å². The summed E-state index contributed by atoms with van der Waals surface area (Å²) in [5, 5.41) is 8.58. The Balaban J connectivity index is 3.73. The van der Waals surface area contributed by atoms with Crippen LogP contribution >= 0.6 is 0 Å². The third kappa shape index (κ3) is 10.5. The van der Waals surface area contributed by atoms with Gasteiger partial charge in [0.05, 0.1) is 12.6 Å². The highest BCUT2D eigenvalue weighted by atomic mass is 16.2. The maximum absolute atomic E-state index is 11.7. The molecule has 3 N–H and O–H groups in total. The minimum Gasteiger partial charge on any atom is -0.355 e. The van der Waals surface area contributed by atoms with Gasteiger partial charge < -0.3 is 10.6 Å². The van der Waals surface area contributed by atoms with Gasteiger partial charge in [-0.25, -0.2) is 0 Å². The number of carbonyl (C=O) groups is 2. The zero-order valence-electron chi connectivity index (χ0n) is 12.9. The van der Waals surface area contributed by atoms with E-state index >= 15 is 0 Å². The second kappa shape index (κ2) is 9.78. The molecule has 1 unspecified atom stereocenters. The molecule has 0 saturated carbocycles. The van der Waals surface area contributed by atoms with E-state index in [-0.39, 0.29) is 24.4 Å². The van der Waals surface area contributed by atoms with Crippen LogP contribution in [-0.2, 0) is 9.59 Å². The van der Waals surface area contributed by atoms with Crippen LogP contribution in [0.25, 0.3) is 0 Å². The molecule has 0 radical (unpaired) electrons. The van der Waals surface area contributed by atoms with Gasteiger partial charge in [0.15, 0.2) is 0 Å². The number of nitrogens with one attached hydrogen (secondary N) is 3. The number of amides is 2. The highest BCUT2D eigenvalue weighted by Gasteiger charge is 2.13. The van der Waals surface area contributed by atoms with E-state index in [0.29, 0.717) is 24.9 Å². The minimum absolute atomic E-state index is 0.0656. The summed E-state index contributed by atoms with van der Waals surface area (Å²) in [6.07, 6.45) is 0.968. The Morgan fingerprint density at radius 3 is 2.11 bits per heavy atom. The maximum Gasteiger partial charge on any atom is 0.236 e. The topological polar surface area (TPSA) is 70.2 Å². The molecule has 0 aromatic heterocycles. The lowest BCUT2D eigenvalue weighted by Gasteiger charge is -2.15. The number of carbonyl (C=O) groups excluding carboxylic acids is 2. The zero-order chi connectivity index (χ0) is 14.8. The molecular formula is C14H29N3O2. The molecule has 0 bridgehead atoms. The molecule has 0 rings (SSSR count). The van der Waals surface area contributed by atoms with Crippen molar-refractivity contribution in [1.82, 2.24) is 16.0 Å². The van der Waals surface area contributed by atoms with Crippen LogP contribution in [-0.4, -0.2) is 37.5 Å². The first-order valence-electron chi connectivity index (χ1n) is 7.10. The van der Waals surface area contributed by atoms with Gasteiger partial charge in [0.25, 0.3) is 0 Å². The molecule has 0 saturated heterocycles. The van der Waals surface area contributed by atoms with Crippen LogP contribution in [0, 0.1) is 11.8 Å². The second-order valence-corrected chi connectivity index (χ2v) is 5.77. The van der Waals surface area contributed by atoms with Gasteiger partial charge >= 0.3 is 0 Å². The summed E-state index contributed by atoms with van der Waals surface area (Å²) in [6, 6.07) is -0.352. The lowest BCUT2D eigenvalue weighted by molar-refractivity contribution is -0.123. The van der Waals surface area contributed by atoms with E-state index < -0.39 is 0 Å². The predicted molar refractivity (Wildman–Crippen MR) is 77.8 cm³/mol. The molecule has 0 aromatic rings. The van der Waals surface area contributed by atoms with Gasteiger partial charge in [-0.1, -0.05) is 27.7 Å². The third-order valence-electron chi connectivity index (χ3n) is 2.69. The van der Waals surface area contributed by atoms with E-state index in [2.05, 4.69) is 29.8 Å². The third-order valence-corrected chi connectivity index (χ3v) is 2.69. The zero-order valence-corrected chi connectivity index (χ0v) is 12.9. The van der Waals surface area contributed by atoms with Gasteiger partial charge in [0.2, 0.25) is 11.8 Å². The van der Waals surface area contributed by atoms with E-state index in [4.69, 9.17) is 0 Å². The van der Waals surface area contributed by atoms with Gasteiger partial charge in [0, 0.05) is 13.1 Å². The molecule has 0 aliphatic rings. The summed E-state index contributed by atoms with van der Waals surface area (Å²) in [5.74, 6) is 0.873. The first-order valence-corrected chi connectivity index (χ1v) is 7.10. The van der Waals surface area contributed by atoms with E-state index in [0.717, 1.165) is 6.42 Å². The highest BCUT2D eigenvalue weighted by Crippen LogP contribution is 1.95. The molecule has 0 fully saturated rings. The van der Waals surface area contributed by atoms with Crippen LogP contribution in [0.15, 0.2) is 0 Å². The normalized spacial score (nSPS) is 12.6. The molecule has 0 aliphatic heterocycles. The van der Waals surface area contributed by atoms with Crippen molar-refractivity contribution in [2.45, 2.75) is 47.1 Å². The molecule has 0 aliphatic carbocycles. The van der Waals surface area contributed by atoms with Crippen LogP contribution in [0.4, 0.5) is 0 Å². The predicted octanol–water partition coefficient (Wildman–Crippen LogP) is 0.899. The molecule has 0 heterocycles. The Bertz CT molecular complexity index is 278. The Labute approximate surface area is 116 Å². The highest BCUT2D eigenvalue weighted by molar-refractivity contribution is 5.83. The molecule has 2 amide bonds. The first kappa shape index (κ1) is 17.9. The molecule has 112 valence electrons. The average molecular weight is 271 g/mol. The summed E-state index contributed by atoms with van der Waals surface area (Å²) in [5.41, 5.74) is 0. The van der Waals surface area contributed by atoms with Gasteiger partial charge in [-0.05, 0) is 25.2 Å². The van der Waals surface area contributed by atoms with E-state index in [1.807, 2.05) is 13.8 Å². The Morgan fingerprint density at radius 2 is 1.58 bits per heavy atom. The van der Waals surface area contributed by atoms with E-state index in [9.17, 15) is 9.59 Å². The van der Waals surface area contributed by atoms with Crippen molar-refractivity contribution in [2.24, 2.45) is 11.8 Å². The fourth-order valence-corrected chi connectivity index (χ4v) is 1.36. The van der Waals surface area contributed by atoms with Crippen LogP contribution in [0.2, 0.25) is 0 Å². The Kier molecular flexibility index (Phi) is 9.21. The van der Waals surface area contributed by atoms with E-state index in [1.54, 1.807) is 6.92 Å². The summed E-state index contributed by atoms with van der Waals surface area (Å²) in [6.45, 7) is 11.6. The number of hydrogen-bond acceptors (Lipinski definition) is 3. The number of rotatable bonds is 9. The van der Waals surface area contributed by atoms with Gasteiger partial charge in [-0.15, -0.1) is 0 Å². The molecule has 5 nitrogen and oxygen atoms in total. The van der Waals surface area contributed by atoms with Gasteiger partial charge in [-0.3, -0.25) is 14.9 Å². The van der Waals surface area contributed by atoms with Crippen LogP contribution < -0.4 is 16.0 Å². The fourth-order valence-electron chi connectivity index (χ4n) is 1.36. The monoisotopic (exact) mass is 271 g/mol. The summed E-state index contributed by atoms with van der Waals surface area (Å²) >= 11 is 0. The molecule has 0 spiro atoms. The molecule has 0 aromatic carbocycles. The average Bonchev–Trinajstić information content (AvgIpc) is 2.32. The van der Waals surface area contributed by atoms with Crippen molar-refractivity contribution < 1.29 is 9.59 Å². The molecular weight excluding hydrogens is 242 g/mol. The van der Waals surface area contributed by atoms with E-state index in [1.165, 1.54) is 0 Å². The smallest absolute Gasteiger partial charge is 0.236 e.